The van der Waals surface area contributed by atoms with E-state index in [0.29, 0.717) is 22.9 Å². The Morgan fingerprint density at radius 1 is 1.17 bits per heavy atom. The molecule has 0 unspecified atom stereocenters. The number of phenolic OH excluding ortho intramolecular Hbond substituents is 1. The molecule has 2 N–H and O–H groups in total. The molecule has 1 amide bonds. The van der Waals surface area contributed by atoms with Crippen molar-refractivity contribution < 1.29 is 28.6 Å². The summed E-state index contributed by atoms with van der Waals surface area (Å²) in [5.41, 5.74) is 1.09. The van der Waals surface area contributed by atoms with Crippen LogP contribution in [0.2, 0.25) is 0 Å². The number of nitrogens with zero attached hydrogens (tertiary/aromatic N) is 2. The first kappa shape index (κ1) is 19.9. The van der Waals surface area contributed by atoms with Crippen LogP contribution in [-0.4, -0.2) is 40.5 Å². The first-order valence-electron chi connectivity index (χ1n) is 8.54. The summed E-state index contributed by atoms with van der Waals surface area (Å²) < 4.78 is 24.5. The van der Waals surface area contributed by atoms with Gasteiger partial charge in [-0.15, -0.1) is 0 Å². The molecular weight excluding hydrogens is 381 g/mol. The highest BCUT2D eigenvalue weighted by atomic mass is 19.1. The predicted molar refractivity (Wildman–Crippen MR) is 102 cm³/mol. The Bertz CT molecular complexity index is 1050. The Morgan fingerprint density at radius 3 is 2.55 bits per heavy atom. The van der Waals surface area contributed by atoms with Crippen LogP contribution in [0.1, 0.15) is 16.1 Å². The molecule has 0 atom stereocenters. The summed E-state index contributed by atoms with van der Waals surface area (Å²) in [6.07, 6.45) is 0. The van der Waals surface area contributed by atoms with Crippen molar-refractivity contribution in [2.24, 2.45) is 0 Å². The molecular formula is C20H18FN3O5. The van der Waals surface area contributed by atoms with E-state index < -0.39 is 24.3 Å². The monoisotopic (exact) mass is 399 g/mol. The fourth-order valence-electron chi connectivity index (χ4n) is 2.57. The Balaban J connectivity index is 1.66. The maximum absolute atomic E-state index is 13.1. The van der Waals surface area contributed by atoms with Gasteiger partial charge in [-0.25, -0.2) is 13.9 Å². The molecule has 0 saturated carbocycles. The van der Waals surface area contributed by atoms with Gasteiger partial charge in [-0.1, -0.05) is 0 Å². The summed E-state index contributed by atoms with van der Waals surface area (Å²) in [6, 6.07) is 11.3. The average Bonchev–Trinajstić information content (AvgIpc) is 3.06. The van der Waals surface area contributed by atoms with E-state index in [4.69, 9.17) is 9.47 Å². The van der Waals surface area contributed by atoms with Gasteiger partial charge in [0.25, 0.3) is 5.91 Å². The highest BCUT2D eigenvalue weighted by Gasteiger charge is 2.17. The standard InChI is InChI=1S/C20H18FN3O5/c1-12-9-18(24(23-12)14-5-3-13(21)4-6-14)22-19(26)11-29-20(27)16-8-7-15(28-2)10-17(16)25/h3-10,25H,11H2,1-2H3,(H,22,26). The number of esters is 1. The smallest absolute Gasteiger partial charge is 0.342 e. The van der Waals surface area contributed by atoms with Gasteiger partial charge < -0.3 is 19.9 Å². The highest BCUT2D eigenvalue weighted by molar-refractivity contribution is 5.96. The van der Waals surface area contributed by atoms with Crippen molar-refractivity contribution in [2.45, 2.75) is 6.92 Å². The van der Waals surface area contributed by atoms with E-state index in [0.717, 1.165) is 0 Å². The lowest BCUT2D eigenvalue weighted by Crippen LogP contribution is -2.22. The Hall–Kier alpha value is -3.88. The van der Waals surface area contributed by atoms with Crippen molar-refractivity contribution in [1.82, 2.24) is 9.78 Å². The Kier molecular flexibility index (Phi) is 5.77. The molecule has 0 spiro atoms. The summed E-state index contributed by atoms with van der Waals surface area (Å²) in [7, 11) is 1.43. The molecule has 29 heavy (non-hydrogen) atoms. The molecule has 8 nitrogen and oxygen atoms in total. The summed E-state index contributed by atoms with van der Waals surface area (Å²) in [5.74, 6) is -1.46. The molecule has 3 rings (SSSR count). The van der Waals surface area contributed by atoms with E-state index in [1.807, 2.05) is 0 Å². The van der Waals surface area contributed by atoms with Crippen LogP contribution >= 0.6 is 0 Å². The number of carbonyl (C=O) groups excluding carboxylic acids is 2. The van der Waals surface area contributed by atoms with Crippen LogP contribution < -0.4 is 10.1 Å². The van der Waals surface area contributed by atoms with Gasteiger partial charge in [0, 0.05) is 12.1 Å². The normalized spacial score (nSPS) is 10.4. The highest BCUT2D eigenvalue weighted by Crippen LogP contribution is 2.24. The minimum absolute atomic E-state index is 0.0919. The zero-order valence-electron chi connectivity index (χ0n) is 15.7. The van der Waals surface area contributed by atoms with Gasteiger partial charge in [0.2, 0.25) is 0 Å². The van der Waals surface area contributed by atoms with Gasteiger partial charge in [0.1, 0.15) is 28.7 Å². The lowest BCUT2D eigenvalue weighted by atomic mass is 10.2. The molecule has 0 saturated heterocycles. The minimum atomic E-state index is -0.858. The molecule has 9 heteroatoms. The van der Waals surface area contributed by atoms with Crippen LogP contribution in [0.3, 0.4) is 0 Å². The van der Waals surface area contributed by atoms with Gasteiger partial charge in [-0.3, -0.25) is 4.79 Å². The van der Waals surface area contributed by atoms with E-state index in [1.165, 1.54) is 54.3 Å². The number of benzene rings is 2. The van der Waals surface area contributed by atoms with Gasteiger partial charge >= 0.3 is 5.97 Å². The largest absolute Gasteiger partial charge is 0.507 e. The van der Waals surface area contributed by atoms with Crippen molar-refractivity contribution in [3.63, 3.8) is 0 Å². The van der Waals surface area contributed by atoms with E-state index >= 15 is 0 Å². The SMILES string of the molecule is COc1ccc(C(=O)OCC(=O)Nc2cc(C)nn2-c2ccc(F)cc2)c(O)c1. The number of hydrogen-bond acceptors (Lipinski definition) is 6. The molecule has 0 fully saturated rings. The molecule has 1 aromatic heterocycles. The number of rotatable bonds is 6. The number of anilines is 1. The topological polar surface area (TPSA) is 103 Å². The van der Waals surface area contributed by atoms with Crippen LogP contribution in [0, 0.1) is 12.7 Å². The maximum atomic E-state index is 13.1. The third kappa shape index (κ3) is 4.70. The van der Waals surface area contributed by atoms with Gasteiger partial charge in [-0.05, 0) is 43.3 Å². The molecule has 2 aromatic carbocycles. The Labute approximate surface area is 165 Å². The lowest BCUT2D eigenvalue weighted by Gasteiger charge is -2.10. The molecule has 0 aliphatic carbocycles. The second-order valence-corrected chi connectivity index (χ2v) is 6.07. The average molecular weight is 399 g/mol. The first-order chi connectivity index (χ1) is 13.9. The molecule has 0 aliphatic rings. The summed E-state index contributed by atoms with van der Waals surface area (Å²) in [4.78, 5) is 24.3. The van der Waals surface area contributed by atoms with Crippen molar-refractivity contribution in [1.29, 1.82) is 0 Å². The quantitative estimate of drug-likeness (QED) is 0.618. The number of aryl methyl sites for hydroxylation is 1. The number of aromatic nitrogens is 2. The van der Waals surface area contributed by atoms with Crippen molar-refractivity contribution in [3.8, 4) is 17.2 Å². The number of amides is 1. The number of nitrogens with one attached hydrogen (secondary N) is 1. The number of halogens is 1. The maximum Gasteiger partial charge on any atom is 0.342 e. The predicted octanol–water partition coefficient (Wildman–Crippen LogP) is 2.83. The number of ether oxygens (including phenoxy) is 2. The zero-order chi connectivity index (χ0) is 21.0. The number of methoxy groups -OCH3 is 1. The molecule has 0 bridgehead atoms. The summed E-state index contributed by atoms with van der Waals surface area (Å²) in [5, 5.41) is 16.7. The van der Waals surface area contributed by atoms with E-state index in [9.17, 15) is 19.1 Å². The second-order valence-electron chi connectivity index (χ2n) is 6.07. The molecule has 150 valence electrons. The van der Waals surface area contributed by atoms with E-state index in [2.05, 4.69) is 10.4 Å². The van der Waals surface area contributed by atoms with Gasteiger partial charge in [0.15, 0.2) is 6.61 Å². The molecule has 1 heterocycles. The van der Waals surface area contributed by atoms with Crippen LogP contribution in [0.5, 0.6) is 11.5 Å². The summed E-state index contributed by atoms with van der Waals surface area (Å²) >= 11 is 0. The van der Waals surface area contributed by atoms with Crippen LogP contribution in [0.25, 0.3) is 5.69 Å². The minimum Gasteiger partial charge on any atom is -0.507 e. The van der Waals surface area contributed by atoms with Crippen LogP contribution in [0.15, 0.2) is 48.5 Å². The van der Waals surface area contributed by atoms with Crippen molar-refractivity contribution in [3.05, 3.63) is 65.6 Å². The van der Waals surface area contributed by atoms with E-state index in [-0.39, 0.29) is 11.3 Å². The number of carbonyl (C=O) groups is 2. The van der Waals surface area contributed by atoms with Crippen LogP contribution in [-0.2, 0) is 9.53 Å². The number of aromatic hydroxyl groups is 1. The van der Waals surface area contributed by atoms with E-state index in [1.54, 1.807) is 13.0 Å². The number of hydrogen-bond donors (Lipinski definition) is 2. The Morgan fingerprint density at radius 2 is 1.90 bits per heavy atom. The summed E-state index contributed by atoms with van der Waals surface area (Å²) in [6.45, 7) is 1.17. The zero-order valence-corrected chi connectivity index (χ0v) is 15.7. The van der Waals surface area contributed by atoms with Crippen molar-refractivity contribution >= 4 is 17.7 Å². The second kappa shape index (κ2) is 8.42. The van der Waals surface area contributed by atoms with Gasteiger partial charge in [-0.2, -0.15) is 5.10 Å². The molecule has 0 radical (unpaired) electrons. The molecule has 0 aliphatic heterocycles. The molecule has 3 aromatic rings. The lowest BCUT2D eigenvalue weighted by molar-refractivity contribution is -0.119. The number of phenols is 1. The first-order valence-corrected chi connectivity index (χ1v) is 8.54. The van der Waals surface area contributed by atoms with Crippen LogP contribution in [0.4, 0.5) is 10.2 Å². The van der Waals surface area contributed by atoms with Gasteiger partial charge in [0.05, 0.1) is 18.5 Å². The fraction of sp³-hybridized carbons (Fsp3) is 0.150. The third-order valence-electron chi connectivity index (χ3n) is 3.93. The van der Waals surface area contributed by atoms with Crippen molar-refractivity contribution in [2.75, 3.05) is 19.0 Å². The third-order valence-corrected chi connectivity index (χ3v) is 3.93. The fourth-order valence-corrected chi connectivity index (χ4v) is 2.57.